The van der Waals surface area contributed by atoms with Crippen molar-refractivity contribution in [1.29, 1.82) is 0 Å². The van der Waals surface area contributed by atoms with Crippen molar-refractivity contribution in [1.82, 2.24) is 0 Å². The Morgan fingerprint density at radius 2 is 2.24 bits per heavy atom. The number of hydrogen-bond donors (Lipinski definition) is 1. The van der Waals surface area contributed by atoms with Crippen LogP contribution in [0.1, 0.15) is 20.3 Å². The summed E-state index contributed by atoms with van der Waals surface area (Å²) in [7, 11) is 0. The van der Waals surface area contributed by atoms with Gasteiger partial charge in [-0.3, -0.25) is 0 Å². The maximum atomic E-state index is 5.60. The Bertz CT molecular complexity index is 361. The molecule has 0 spiro atoms. The van der Waals surface area contributed by atoms with Gasteiger partial charge >= 0.3 is 0 Å². The summed E-state index contributed by atoms with van der Waals surface area (Å²) in [4.78, 5) is 0. The van der Waals surface area contributed by atoms with Gasteiger partial charge in [0.2, 0.25) is 0 Å². The Balaban J connectivity index is 1.87. The fourth-order valence-corrected chi connectivity index (χ4v) is 1.78. The molecule has 1 heterocycles. The molecule has 1 aliphatic heterocycles. The molecule has 0 atom stereocenters. The van der Waals surface area contributed by atoms with Gasteiger partial charge in [-0.2, -0.15) is 0 Å². The third-order valence-electron chi connectivity index (χ3n) is 2.93. The van der Waals surface area contributed by atoms with Crippen LogP contribution in [0.4, 0.5) is 5.69 Å². The van der Waals surface area contributed by atoms with Crippen LogP contribution in [-0.2, 0) is 4.74 Å². The molecule has 0 aliphatic carbocycles. The van der Waals surface area contributed by atoms with Crippen LogP contribution in [0.2, 0.25) is 0 Å². The van der Waals surface area contributed by atoms with Gasteiger partial charge in [-0.1, -0.05) is 19.9 Å². The molecule has 0 unspecified atom stereocenters. The molecule has 0 bridgehead atoms. The average molecular weight is 235 g/mol. The third-order valence-corrected chi connectivity index (χ3v) is 2.93. The molecule has 2 rings (SSSR count). The number of nitrogens with one attached hydrogen (secondary N) is 1. The molecule has 1 fully saturated rings. The molecule has 3 nitrogen and oxygen atoms in total. The van der Waals surface area contributed by atoms with E-state index in [1.54, 1.807) is 0 Å². The van der Waals surface area contributed by atoms with E-state index in [0.29, 0.717) is 5.41 Å². The zero-order valence-electron chi connectivity index (χ0n) is 10.7. The zero-order valence-corrected chi connectivity index (χ0v) is 10.7. The molecule has 0 saturated carbocycles. The first-order valence-electron chi connectivity index (χ1n) is 6.26. The molecule has 1 aromatic carbocycles. The summed E-state index contributed by atoms with van der Waals surface area (Å²) in [6, 6.07) is 8.14. The van der Waals surface area contributed by atoms with Crippen LogP contribution >= 0.6 is 0 Å². The van der Waals surface area contributed by atoms with Crippen LogP contribution in [0, 0.1) is 5.41 Å². The van der Waals surface area contributed by atoms with Gasteiger partial charge in [-0.05, 0) is 18.6 Å². The van der Waals surface area contributed by atoms with E-state index >= 15 is 0 Å². The van der Waals surface area contributed by atoms with Crippen molar-refractivity contribution in [2.24, 2.45) is 5.41 Å². The quantitative estimate of drug-likeness (QED) is 0.822. The van der Waals surface area contributed by atoms with Gasteiger partial charge in [0.25, 0.3) is 0 Å². The Labute approximate surface area is 103 Å². The van der Waals surface area contributed by atoms with Gasteiger partial charge in [-0.15, -0.1) is 0 Å². The number of anilines is 1. The second-order valence-electron chi connectivity index (χ2n) is 5.03. The normalized spacial score (nSPS) is 17.3. The van der Waals surface area contributed by atoms with Gasteiger partial charge < -0.3 is 14.8 Å². The Hall–Kier alpha value is -1.22. The largest absolute Gasteiger partial charge is 0.494 e. The number of benzene rings is 1. The summed E-state index contributed by atoms with van der Waals surface area (Å²) in [5.74, 6) is 0.937. The third kappa shape index (κ3) is 3.37. The van der Waals surface area contributed by atoms with Crippen molar-refractivity contribution >= 4 is 5.69 Å². The number of hydrogen-bond acceptors (Lipinski definition) is 3. The number of ether oxygens (including phenoxy) is 2. The highest BCUT2D eigenvalue weighted by atomic mass is 16.5. The molecule has 1 aliphatic rings. The Morgan fingerprint density at radius 1 is 1.41 bits per heavy atom. The van der Waals surface area contributed by atoms with E-state index in [9.17, 15) is 0 Å². The molecule has 0 aromatic heterocycles. The van der Waals surface area contributed by atoms with Crippen LogP contribution in [0.15, 0.2) is 24.3 Å². The molecular weight excluding hydrogens is 214 g/mol. The maximum absolute atomic E-state index is 5.60. The highest BCUT2D eigenvalue weighted by molar-refractivity contribution is 5.48. The lowest BCUT2D eigenvalue weighted by atomic mass is 9.89. The smallest absolute Gasteiger partial charge is 0.121 e. The average Bonchev–Trinajstić information content (AvgIpc) is 2.32. The first kappa shape index (κ1) is 12.2. The van der Waals surface area contributed by atoms with Crippen molar-refractivity contribution in [2.75, 3.05) is 31.7 Å². The lowest BCUT2D eigenvalue weighted by Crippen LogP contribution is -2.45. The van der Waals surface area contributed by atoms with E-state index in [1.165, 1.54) is 0 Å². The topological polar surface area (TPSA) is 30.5 Å². The lowest BCUT2D eigenvalue weighted by Gasteiger charge is -2.38. The summed E-state index contributed by atoms with van der Waals surface area (Å²) < 4.78 is 10.8. The van der Waals surface area contributed by atoms with Crippen molar-refractivity contribution in [3.05, 3.63) is 24.3 Å². The summed E-state index contributed by atoms with van der Waals surface area (Å²) in [6.07, 6.45) is 1.03. The molecule has 0 radical (unpaired) electrons. The van der Waals surface area contributed by atoms with E-state index in [-0.39, 0.29) is 0 Å². The Kier molecular flexibility index (Phi) is 3.89. The summed E-state index contributed by atoms with van der Waals surface area (Å²) in [5, 5.41) is 3.44. The van der Waals surface area contributed by atoms with E-state index in [0.717, 1.165) is 44.2 Å². The van der Waals surface area contributed by atoms with Gasteiger partial charge in [0.15, 0.2) is 0 Å². The standard InChI is InChI=1S/C14H21NO2/c1-3-7-17-13-6-4-5-12(8-13)15-9-14(2)10-16-11-14/h4-6,8,15H,3,7,9-11H2,1-2H3. The fraction of sp³-hybridized carbons (Fsp3) is 0.571. The second kappa shape index (κ2) is 5.41. The second-order valence-corrected chi connectivity index (χ2v) is 5.03. The first-order chi connectivity index (χ1) is 8.22. The minimum Gasteiger partial charge on any atom is -0.494 e. The van der Waals surface area contributed by atoms with Crippen LogP contribution in [0.5, 0.6) is 5.75 Å². The van der Waals surface area contributed by atoms with Gasteiger partial charge in [-0.25, -0.2) is 0 Å². The summed E-state index contributed by atoms with van der Waals surface area (Å²) >= 11 is 0. The van der Waals surface area contributed by atoms with Gasteiger partial charge in [0.05, 0.1) is 19.8 Å². The van der Waals surface area contributed by atoms with Crippen LogP contribution < -0.4 is 10.1 Å². The first-order valence-corrected chi connectivity index (χ1v) is 6.26. The van der Waals surface area contributed by atoms with Crippen molar-refractivity contribution in [3.63, 3.8) is 0 Å². The van der Waals surface area contributed by atoms with Crippen molar-refractivity contribution in [2.45, 2.75) is 20.3 Å². The summed E-state index contributed by atoms with van der Waals surface area (Å²) in [6.45, 7) is 7.78. The Morgan fingerprint density at radius 3 is 2.88 bits per heavy atom. The predicted molar refractivity (Wildman–Crippen MR) is 69.6 cm³/mol. The SMILES string of the molecule is CCCOc1cccc(NCC2(C)COC2)c1. The molecule has 94 valence electrons. The van der Waals surface area contributed by atoms with Crippen LogP contribution in [0.25, 0.3) is 0 Å². The van der Waals surface area contributed by atoms with Crippen LogP contribution in [0.3, 0.4) is 0 Å². The molecule has 1 saturated heterocycles. The molecule has 0 amide bonds. The molecule has 3 heteroatoms. The van der Waals surface area contributed by atoms with Gasteiger partial charge in [0, 0.05) is 23.7 Å². The van der Waals surface area contributed by atoms with E-state index in [1.807, 2.05) is 12.1 Å². The fourth-order valence-electron chi connectivity index (χ4n) is 1.78. The van der Waals surface area contributed by atoms with E-state index in [4.69, 9.17) is 9.47 Å². The minimum atomic E-state index is 0.292. The highest BCUT2D eigenvalue weighted by Gasteiger charge is 2.32. The predicted octanol–water partition coefficient (Wildman–Crippen LogP) is 2.92. The maximum Gasteiger partial charge on any atom is 0.121 e. The monoisotopic (exact) mass is 235 g/mol. The van der Waals surface area contributed by atoms with Crippen molar-refractivity contribution in [3.8, 4) is 5.75 Å². The van der Waals surface area contributed by atoms with E-state index < -0.39 is 0 Å². The molecular formula is C14H21NO2. The van der Waals surface area contributed by atoms with E-state index in [2.05, 4.69) is 31.3 Å². The highest BCUT2D eigenvalue weighted by Crippen LogP contribution is 2.27. The minimum absolute atomic E-state index is 0.292. The van der Waals surface area contributed by atoms with Crippen LogP contribution in [-0.4, -0.2) is 26.4 Å². The molecule has 1 N–H and O–H groups in total. The van der Waals surface area contributed by atoms with Crippen molar-refractivity contribution < 1.29 is 9.47 Å². The summed E-state index contributed by atoms with van der Waals surface area (Å²) in [5.41, 5.74) is 1.41. The lowest BCUT2D eigenvalue weighted by molar-refractivity contribution is -0.0924. The number of rotatable bonds is 6. The molecule has 17 heavy (non-hydrogen) atoms. The molecule has 1 aromatic rings. The van der Waals surface area contributed by atoms with Gasteiger partial charge in [0.1, 0.15) is 5.75 Å². The zero-order chi connectivity index (χ0) is 12.1.